The van der Waals surface area contributed by atoms with Crippen molar-refractivity contribution in [3.05, 3.63) is 29.6 Å². The van der Waals surface area contributed by atoms with Crippen LogP contribution in [0.25, 0.3) is 11.0 Å². The van der Waals surface area contributed by atoms with Crippen LogP contribution in [-0.2, 0) is 17.1 Å². The minimum Gasteiger partial charge on any atom is -0.342 e. The van der Waals surface area contributed by atoms with Gasteiger partial charge < -0.3 is 4.98 Å². The van der Waals surface area contributed by atoms with Gasteiger partial charge in [-0.3, -0.25) is 0 Å². The summed E-state index contributed by atoms with van der Waals surface area (Å²) in [5.74, 6) is 1.04. The van der Waals surface area contributed by atoms with Crippen LogP contribution >= 0.6 is 0 Å². The smallest absolute Gasteiger partial charge is 0.113 e. The van der Waals surface area contributed by atoms with Crippen molar-refractivity contribution < 1.29 is 5.11 Å². The van der Waals surface area contributed by atoms with Crippen molar-refractivity contribution in [3.8, 4) is 0 Å². The highest BCUT2D eigenvalue weighted by Crippen LogP contribution is 2.46. The van der Waals surface area contributed by atoms with Gasteiger partial charge in [0.05, 0.1) is 11.0 Å². The SMILES string of the molecule is CC1(c2nc3c(C[O])cccc3[nH]2)CC1. The van der Waals surface area contributed by atoms with E-state index >= 15 is 0 Å². The maximum absolute atomic E-state index is 11.0. The molecule has 1 saturated carbocycles. The van der Waals surface area contributed by atoms with Gasteiger partial charge in [-0.25, -0.2) is 10.1 Å². The Morgan fingerprint density at radius 2 is 2.27 bits per heavy atom. The second-order valence-electron chi connectivity index (χ2n) is 4.60. The van der Waals surface area contributed by atoms with Crippen LogP contribution in [0.3, 0.4) is 0 Å². The first kappa shape index (κ1) is 8.92. The molecule has 1 radical (unpaired) electrons. The van der Waals surface area contributed by atoms with Crippen LogP contribution in [0.15, 0.2) is 18.2 Å². The van der Waals surface area contributed by atoms with Crippen LogP contribution < -0.4 is 0 Å². The fraction of sp³-hybridized carbons (Fsp3) is 0.417. The lowest BCUT2D eigenvalue weighted by atomic mass is 10.1. The van der Waals surface area contributed by atoms with Crippen molar-refractivity contribution in [2.45, 2.75) is 31.8 Å². The van der Waals surface area contributed by atoms with Crippen LogP contribution in [0.2, 0.25) is 0 Å². The normalized spacial score (nSPS) is 18.3. The lowest BCUT2D eigenvalue weighted by Crippen LogP contribution is -2.01. The molecule has 1 N–H and O–H groups in total. The summed E-state index contributed by atoms with van der Waals surface area (Å²) >= 11 is 0. The molecule has 2 aromatic rings. The first-order chi connectivity index (χ1) is 7.23. The number of aromatic nitrogens is 2. The lowest BCUT2D eigenvalue weighted by molar-refractivity contribution is 0.178. The Kier molecular flexibility index (Phi) is 1.68. The van der Waals surface area contributed by atoms with E-state index in [1.807, 2.05) is 18.2 Å². The lowest BCUT2D eigenvalue weighted by Gasteiger charge is -2.00. The number of fused-ring (bicyclic) bond motifs is 1. The number of nitrogens with one attached hydrogen (secondary N) is 1. The molecule has 1 fully saturated rings. The van der Waals surface area contributed by atoms with Crippen LogP contribution in [0, 0.1) is 0 Å². The van der Waals surface area contributed by atoms with E-state index in [2.05, 4.69) is 16.9 Å². The molecule has 1 aliphatic rings. The summed E-state index contributed by atoms with van der Waals surface area (Å²) in [6, 6.07) is 5.75. The number of rotatable bonds is 2. The molecule has 1 aromatic carbocycles. The highest BCUT2D eigenvalue weighted by Gasteiger charge is 2.42. The van der Waals surface area contributed by atoms with E-state index in [0.717, 1.165) is 22.4 Å². The van der Waals surface area contributed by atoms with E-state index in [1.165, 1.54) is 12.8 Å². The van der Waals surface area contributed by atoms with Gasteiger partial charge in [0.15, 0.2) is 0 Å². The highest BCUT2D eigenvalue weighted by atomic mass is 16.3. The zero-order chi connectivity index (χ0) is 10.5. The highest BCUT2D eigenvalue weighted by molar-refractivity contribution is 5.79. The number of imidazole rings is 1. The average molecular weight is 201 g/mol. The van der Waals surface area contributed by atoms with E-state index in [0.29, 0.717) is 0 Å². The van der Waals surface area contributed by atoms with Crippen molar-refractivity contribution in [2.75, 3.05) is 0 Å². The molecule has 1 aliphatic carbocycles. The van der Waals surface area contributed by atoms with Gasteiger partial charge in [0.2, 0.25) is 0 Å². The zero-order valence-electron chi connectivity index (χ0n) is 8.71. The van der Waals surface area contributed by atoms with Crippen LogP contribution in [-0.4, -0.2) is 9.97 Å². The van der Waals surface area contributed by atoms with Crippen molar-refractivity contribution in [1.82, 2.24) is 9.97 Å². The number of hydrogen-bond donors (Lipinski definition) is 1. The van der Waals surface area contributed by atoms with Crippen molar-refractivity contribution in [2.24, 2.45) is 0 Å². The summed E-state index contributed by atoms with van der Waals surface area (Å²) < 4.78 is 0. The van der Waals surface area contributed by atoms with Crippen LogP contribution in [0.4, 0.5) is 0 Å². The maximum Gasteiger partial charge on any atom is 0.113 e. The van der Waals surface area contributed by atoms with E-state index in [4.69, 9.17) is 0 Å². The first-order valence-electron chi connectivity index (χ1n) is 5.29. The quantitative estimate of drug-likeness (QED) is 0.797. The monoisotopic (exact) mass is 201 g/mol. The Labute approximate surface area is 88.2 Å². The zero-order valence-corrected chi connectivity index (χ0v) is 8.71. The standard InChI is InChI=1S/C12H13N2O/c1-12(5-6-12)11-13-9-4-2-3-8(7-15)10(9)14-11/h2-4H,5-7H2,1H3,(H,13,14). The fourth-order valence-corrected chi connectivity index (χ4v) is 1.92. The molecule has 0 saturated heterocycles. The molecule has 0 bridgehead atoms. The molecule has 0 aliphatic heterocycles. The van der Waals surface area contributed by atoms with E-state index in [1.54, 1.807) is 0 Å². The Balaban J connectivity index is 2.21. The van der Waals surface area contributed by atoms with Gasteiger partial charge in [-0.1, -0.05) is 19.1 Å². The average Bonchev–Trinajstić information content (AvgIpc) is 2.84. The summed E-state index contributed by atoms with van der Waals surface area (Å²) in [5.41, 5.74) is 2.88. The summed E-state index contributed by atoms with van der Waals surface area (Å²) in [5, 5.41) is 11.0. The molecule has 0 spiro atoms. The molecule has 0 amide bonds. The Morgan fingerprint density at radius 3 is 2.93 bits per heavy atom. The van der Waals surface area contributed by atoms with Gasteiger partial charge in [0.25, 0.3) is 0 Å². The number of H-pyrrole nitrogens is 1. The molecule has 3 rings (SSSR count). The number of benzene rings is 1. The van der Waals surface area contributed by atoms with E-state index in [-0.39, 0.29) is 12.0 Å². The van der Waals surface area contributed by atoms with Crippen molar-refractivity contribution in [3.63, 3.8) is 0 Å². The fourth-order valence-electron chi connectivity index (χ4n) is 1.92. The molecule has 77 valence electrons. The summed E-state index contributed by atoms with van der Waals surface area (Å²) in [4.78, 5) is 7.88. The van der Waals surface area contributed by atoms with Crippen LogP contribution in [0.5, 0.6) is 0 Å². The summed E-state index contributed by atoms with van der Waals surface area (Å²) in [6.07, 6.45) is 2.39. The number of nitrogens with zero attached hydrogens (tertiary/aromatic N) is 1. The maximum atomic E-state index is 11.0. The summed E-state index contributed by atoms with van der Waals surface area (Å²) in [6.45, 7) is 2.01. The molecule has 1 aromatic heterocycles. The first-order valence-corrected chi connectivity index (χ1v) is 5.29. The van der Waals surface area contributed by atoms with Gasteiger partial charge in [-0.05, 0) is 18.9 Å². The number of hydrogen-bond acceptors (Lipinski definition) is 1. The van der Waals surface area contributed by atoms with Crippen LogP contribution in [0.1, 0.15) is 31.2 Å². The molecular weight excluding hydrogens is 188 g/mol. The van der Waals surface area contributed by atoms with Gasteiger partial charge in [-0.15, -0.1) is 0 Å². The predicted octanol–water partition coefficient (Wildman–Crippen LogP) is 2.54. The molecule has 0 unspecified atom stereocenters. The number of para-hydroxylation sites is 1. The summed E-state index contributed by atoms with van der Waals surface area (Å²) in [7, 11) is 0. The third-order valence-corrected chi connectivity index (χ3v) is 3.32. The van der Waals surface area contributed by atoms with Crippen molar-refractivity contribution >= 4 is 11.0 Å². The second kappa shape index (κ2) is 2.83. The molecule has 3 heteroatoms. The van der Waals surface area contributed by atoms with E-state index < -0.39 is 0 Å². The molecule has 15 heavy (non-hydrogen) atoms. The van der Waals surface area contributed by atoms with Gasteiger partial charge in [0, 0.05) is 11.0 Å². The Morgan fingerprint density at radius 1 is 1.47 bits per heavy atom. The minimum atomic E-state index is -0.196. The van der Waals surface area contributed by atoms with Gasteiger partial charge in [-0.2, -0.15) is 0 Å². The third kappa shape index (κ3) is 1.27. The molecular formula is C12H13N2O. The van der Waals surface area contributed by atoms with Gasteiger partial charge in [0.1, 0.15) is 12.4 Å². The number of aromatic amines is 1. The Bertz CT molecular complexity index is 511. The van der Waals surface area contributed by atoms with Crippen molar-refractivity contribution in [1.29, 1.82) is 0 Å². The second-order valence-corrected chi connectivity index (χ2v) is 4.60. The predicted molar refractivity (Wildman–Crippen MR) is 57.1 cm³/mol. The molecule has 0 atom stereocenters. The minimum absolute atomic E-state index is 0.196. The Hall–Kier alpha value is -1.35. The van der Waals surface area contributed by atoms with E-state index in [9.17, 15) is 5.11 Å². The topological polar surface area (TPSA) is 48.6 Å². The third-order valence-electron chi connectivity index (χ3n) is 3.32. The molecule has 1 heterocycles. The largest absolute Gasteiger partial charge is 0.342 e. The molecule has 3 nitrogen and oxygen atoms in total. The van der Waals surface area contributed by atoms with Gasteiger partial charge >= 0.3 is 0 Å².